The van der Waals surface area contributed by atoms with Crippen LogP contribution in [0.3, 0.4) is 0 Å². The molecule has 0 aliphatic carbocycles. The van der Waals surface area contributed by atoms with Crippen molar-refractivity contribution < 1.29 is 4.74 Å². The van der Waals surface area contributed by atoms with Crippen LogP contribution >= 0.6 is 11.8 Å². The summed E-state index contributed by atoms with van der Waals surface area (Å²) < 4.78 is 6.44. The van der Waals surface area contributed by atoms with Crippen molar-refractivity contribution in [2.75, 3.05) is 32.5 Å². The smallest absolute Gasteiger partial charge is 0.191 e. The van der Waals surface area contributed by atoms with Gasteiger partial charge in [-0.05, 0) is 43.8 Å². The second-order valence-corrected chi connectivity index (χ2v) is 9.95. The van der Waals surface area contributed by atoms with E-state index in [-0.39, 0.29) is 5.41 Å². The highest BCUT2D eigenvalue weighted by Crippen LogP contribution is 2.37. The molecule has 0 saturated carbocycles. The van der Waals surface area contributed by atoms with Crippen LogP contribution in [-0.4, -0.2) is 49.3 Å². The summed E-state index contributed by atoms with van der Waals surface area (Å²) in [5.74, 6) is 2.77. The molecular formula is C18H35N3OS. The number of nitrogens with zero attached hydrogens (tertiary/aromatic N) is 1. The lowest BCUT2D eigenvalue weighted by Gasteiger charge is -2.40. The molecule has 134 valence electrons. The predicted molar refractivity (Wildman–Crippen MR) is 101 cm³/mol. The maximum Gasteiger partial charge on any atom is 0.191 e. The summed E-state index contributed by atoms with van der Waals surface area (Å²) >= 11 is 2.08. The fraction of sp³-hybridized carbons (Fsp3) is 0.944. The summed E-state index contributed by atoms with van der Waals surface area (Å²) in [7, 11) is 1.86. The first-order valence-electron chi connectivity index (χ1n) is 9.04. The minimum atomic E-state index is 0.192. The van der Waals surface area contributed by atoms with Gasteiger partial charge in [0.1, 0.15) is 0 Å². The van der Waals surface area contributed by atoms with Gasteiger partial charge in [0, 0.05) is 37.4 Å². The van der Waals surface area contributed by atoms with E-state index in [1.807, 2.05) is 7.05 Å². The molecule has 2 N–H and O–H groups in total. The van der Waals surface area contributed by atoms with Crippen molar-refractivity contribution in [1.82, 2.24) is 10.6 Å². The van der Waals surface area contributed by atoms with Gasteiger partial charge >= 0.3 is 0 Å². The number of thioether (sulfide) groups is 1. The normalized spacial score (nSPS) is 32.8. The SMILES string of the molecule is CN=C(NCC1CCCOC1C(C)(C)C)NCC1(C)CCCS1. The van der Waals surface area contributed by atoms with Gasteiger partial charge in [0.25, 0.3) is 0 Å². The van der Waals surface area contributed by atoms with Crippen LogP contribution in [0, 0.1) is 11.3 Å². The van der Waals surface area contributed by atoms with Crippen molar-refractivity contribution in [1.29, 1.82) is 0 Å². The number of rotatable bonds is 4. The van der Waals surface area contributed by atoms with E-state index in [0.717, 1.165) is 25.7 Å². The molecule has 5 heteroatoms. The lowest BCUT2D eigenvalue weighted by Crippen LogP contribution is -2.49. The summed E-state index contributed by atoms with van der Waals surface area (Å²) in [6.45, 7) is 12.0. The highest BCUT2D eigenvalue weighted by atomic mass is 32.2. The average molecular weight is 342 g/mol. The van der Waals surface area contributed by atoms with Gasteiger partial charge < -0.3 is 15.4 Å². The molecule has 2 heterocycles. The zero-order chi connectivity index (χ0) is 16.9. The summed E-state index contributed by atoms with van der Waals surface area (Å²) in [5, 5.41) is 7.05. The van der Waals surface area contributed by atoms with Crippen molar-refractivity contribution in [2.45, 2.75) is 64.2 Å². The van der Waals surface area contributed by atoms with Crippen molar-refractivity contribution in [3.8, 4) is 0 Å². The quantitative estimate of drug-likeness (QED) is 0.608. The van der Waals surface area contributed by atoms with E-state index in [1.54, 1.807) is 0 Å². The van der Waals surface area contributed by atoms with Gasteiger partial charge in [-0.2, -0.15) is 11.8 Å². The van der Waals surface area contributed by atoms with Crippen molar-refractivity contribution in [3.63, 3.8) is 0 Å². The molecule has 3 unspecified atom stereocenters. The zero-order valence-electron chi connectivity index (χ0n) is 15.6. The van der Waals surface area contributed by atoms with Gasteiger partial charge in [0.2, 0.25) is 0 Å². The minimum absolute atomic E-state index is 0.192. The summed E-state index contributed by atoms with van der Waals surface area (Å²) in [5.41, 5.74) is 0.192. The van der Waals surface area contributed by atoms with Gasteiger partial charge in [0.05, 0.1) is 6.10 Å². The molecule has 3 atom stereocenters. The second-order valence-electron chi connectivity index (χ2n) is 8.27. The molecule has 2 fully saturated rings. The summed E-state index contributed by atoms with van der Waals surface area (Å²) in [4.78, 5) is 4.40. The molecule has 2 saturated heterocycles. The Morgan fingerprint density at radius 3 is 2.70 bits per heavy atom. The molecule has 23 heavy (non-hydrogen) atoms. The molecule has 0 radical (unpaired) electrons. The molecule has 0 bridgehead atoms. The molecule has 2 aliphatic rings. The van der Waals surface area contributed by atoms with Gasteiger partial charge in [0.15, 0.2) is 5.96 Å². The van der Waals surface area contributed by atoms with Crippen LogP contribution in [0.5, 0.6) is 0 Å². The molecule has 2 aliphatic heterocycles. The lowest BCUT2D eigenvalue weighted by atomic mass is 9.78. The van der Waals surface area contributed by atoms with E-state index >= 15 is 0 Å². The standard InChI is InChI=1S/C18H35N3OS/c1-17(2,3)15-14(8-6-10-22-15)12-20-16(19-5)21-13-18(4)9-7-11-23-18/h14-15H,6-13H2,1-5H3,(H2,19,20,21). The molecule has 0 aromatic carbocycles. The van der Waals surface area contributed by atoms with E-state index in [0.29, 0.717) is 16.8 Å². The molecule has 2 rings (SSSR count). The van der Waals surface area contributed by atoms with E-state index in [9.17, 15) is 0 Å². The zero-order valence-corrected chi connectivity index (χ0v) is 16.4. The Morgan fingerprint density at radius 1 is 1.30 bits per heavy atom. The van der Waals surface area contributed by atoms with E-state index in [1.165, 1.54) is 31.4 Å². The van der Waals surface area contributed by atoms with E-state index < -0.39 is 0 Å². The third-order valence-corrected chi connectivity index (χ3v) is 6.52. The van der Waals surface area contributed by atoms with Gasteiger partial charge in [-0.15, -0.1) is 0 Å². The number of guanidine groups is 1. The summed E-state index contributed by atoms with van der Waals surface area (Å²) in [6, 6.07) is 0. The van der Waals surface area contributed by atoms with Crippen LogP contribution < -0.4 is 10.6 Å². The molecule has 0 aromatic heterocycles. The van der Waals surface area contributed by atoms with Gasteiger partial charge in [-0.25, -0.2) is 0 Å². The third-order valence-electron chi connectivity index (χ3n) is 4.98. The highest BCUT2D eigenvalue weighted by molar-refractivity contribution is 8.00. The Labute approximate surface area is 146 Å². The van der Waals surface area contributed by atoms with Crippen LogP contribution in [0.4, 0.5) is 0 Å². The lowest BCUT2D eigenvalue weighted by molar-refractivity contribution is -0.0835. The molecular weight excluding hydrogens is 306 g/mol. The van der Waals surface area contributed by atoms with Crippen LogP contribution in [-0.2, 0) is 4.74 Å². The molecule has 0 amide bonds. The first-order valence-corrected chi connectivity index (χ1v) is 10.0. The van der Waals surface area contributed by atoms with Crippen LogP contribution in [0.2, 0.25) is 0 Å². The summed E-state index contributed by atoms with van der Waals surface area (Å²) in [6.07, 6.45) is 5.36. The molecule has 0 aromatic rings. The number of aliphatic imine (C=N–C) groups is 1. The van der Waals surface area contributed by atoms with Crippen LogP contribution in [0.1, 0.15) is 53.4 Å². The van der Waals surface area contributed by atoms with Crippen LogP contribution in [0.25, 0.3) is 0 Å². The fourth-order valence-electron chi connectivity index (χ4n) is 3.70. The Balaban J connectivity index is 1.82. The number of hydrogen-bond donors (Lipinski definition) is 2. The highest BCUT2D eigenvalue weighted by Gasteiger charge is 2.35. The first kappa shape index (κ1) is 18.9. The van der Waals surface area contributed by atoms with Crippen molar-refractivity contribution in [3.05, 3.63) is 0 Å². The topological polar surface area (TPSA) is 45.7 Å². The molecule has 0 spiro atoms. The number of nitrogens with one attached hydrogen (secondary N) is 2. The van der Waals surface area contributed by atoms with Gasteiger partial charge in [-0.3, -0.25) is 4.99 Å². The maximum absolute atomic E-state index is 6.07. The Morgan fingerprint density at radius 2 is 2.09 bits per heavy atom. The monoisotopic (exact) mass is 341 g/mol. The average Bonchev–Trinajstić information content (AvgIpc) is 2.94. The predicted octanol–water partition coefficient (Wildman–Crippen LogP) is 3.28. The van der Waals surface area contributed by atoms with Crippen molar-refractivity contribution >= 4 is 17.7 Å². The third kappa shape index (κ3) is 5.56. The molecule has 4 nitrogen and oxygen atoms in total. The minimum Gasteiger partial charge on any atom is -0.377 e. The van der Waals surface area contributed by atoms with Crippen molar-refractivity contribution in [2.24, 2.45) is 16.3 Å². The van der Waals surface area contributed by atoms with Gasteiger partial charge in [-0.1, -0.05) is 20.8 Å². The second kappa shape index (κ2) is 8.11. The largest absolute Gasteiger partial charge is 0.377 e. The Hall–Kier alpha value is -0.420. The number of ether oxygens (including phenoxy) is 1. The van der Waals surface area contributed by atoms with Crippen LogP contribution in [0.15, 0.2) is 4.99 Å². The fourth-order valence-corrected chi connectivity index (χ4v) is 4.95. The Kier molecular flexibility index (Phi) is 6.66. The maximum atomic E-state index is 6.07. The van der Waals surface area contributed by atoms with E-state index in [4.69, 9.17) is 4.74 Å². The van der Waals surface area contributed by atoms with E-state index in [2.05, 4.69) is 55.1 Å². The Bertz CT molecular complexity index is 400. The number of hydrogen-bond acceptors (Lipinski definition) is 3. The first-order chi connectivity index (χ1) is 10.8.